The van der Waals surface area contributed by atoms with Gasteiger partial charge in [0.1, 0.15) is 5.75 Å². The number of amides is 1. The van der Waals surface area contributed by atoms with Crippen LogP contribution >= 0.6 is 27.7 Å². The zero-order valence-electron chi connectivity index (χ0n) is 15.1. The second-order valence-corrected chi connectivity index (χ2v) is 7.86. The van der Waals surface area contributed by atoms with Crippen LogP contribution in [0.5, 0.6) is 5.75 Å². The summed E-state index contributed by atoms with van der Waals surface area (Å²) in [6.45, 7) is 3.90. The first-order chi connectivity index (χ1) is 12.9. The van der Waals surface area contributed by atoms with Crippen LogP contribution in [-0.4, -0.2) is 32.7 Å². The summed E-state index contributed by atoms with van der Waals surface area (Å²) in [6, 6.07) is 11.5. The summed E-state index contributed by atoms with van der Waals surface area (Å²) in [4.78, 5) is 13.2. The summed E-state index contributed by atoms with van der Waals surface area (Å²) in [5, 5.41) is 14.9. The zero-order chi connectivity index (χ0) is 19.4. The van der Waals surface area contributed by atoms with E-state index < -0.39 is 0 Å². The predicted octanol–water partition coefficient (Wildman–Crippen LogP) is 3.76. The number of benzene rings is 2. The zero-order valence-corrected chi connectivity index (χ0v) is 17.5. The van der Waals surface area contributed by atoms with Crippen LogP contribution in [0.1, 0.15) is 11.1 Å². The number of aryl methyl sites for hydroxylation is 3. The minimum Gasteiger partial charge on any atom is -0.483 e. The van der Waals surface area contributed by atoms with Gasteiger partial charge in [-0.1, -0.05) is 33.6 Å². The quantitative estimate of drug-likeness (QED) is 0.619. The van der Waals surface area contributed by atoms with Crippen molar-refractivity contribution in [3.63, 3.8) is 0 Å². The maximum absolute atomic E-state index is 12.4. The van der Waals surface area contributed by atoms with E-state index >= 15 is 0 Å². The number of aromatic nitrogens is 4. The van der Waals surface area contributed by atoms with Gasteiger partial charge in [-0.05, 0) is 65.9 Å². The second kappa shape index (κ2) is 8.53. The molecule has 0 aliphatic heterocycles. The molecule has 0 aliphatic rings. The van der Waals surface area contributed by atoms with E-state index in [2.05, 4.69) is 36.8 Å². The summed E-state index contributed by atoms with van der Waals surface area (Å²) in [5.41, 5.74) is 2.81. The highest BCUT2D eigenvalue weighted by Crippen LogP contribution is 2.33. The van der Waals surface area contributed by atoms with Gasteiger partial charge in [0.2, 0.25) is 5.16 Å². The number of tetrazole rings is 1. The molecule has 9 heteroatoms. The van der Waals surface area contributed by atoms with Gasteiger partial charge in [-0.2, -0.15) is 0 Å². The van der Waals surface area contributed by atoms with Crippen molar-refractivity contribution >= 4 is 39.3 Å². The Labute approximate surface area is 169 Å². The number of ether oxygens (including phenoxy) is 1. The molecule has 27 heavy (non-hydrogen) atoms. The molecule has 0 fully saturated rings. The summed E-state index contributed by atoms with van der Waals surface area (Å²) in [5.74, 6) is 0.454. The van der Waals surface area contributed by atoms with Gasteiger partial charge in [0.25, 0.3) is 5.91 Å². The number of carbonyl (C=O) groups is 1. The first kappa shape index (κ1) is 19.4. The molecule has 140 valence electrons. The molecular formula is C18H18BrN5O2S. The van der Waals surface area contributed by atoms with Crippen LogP contribution in [0.25, 0.3) is 0 Å². The SMILES string of the molecule is Cc1ccc(OCC(=O)Nc2cc(Br)ccc2Sc2nnnn2C)c(C)c1. The normalized spacial score (nSPS) is 10.7. The third-order valence-corrected chi connectivity index (χ3v) is 5.29. The minimum atomic E-state index is -0.244. The molecule has 0 aliphatic carbocycles. The topological polar surface area (TPSA) is 81.9 Å². The highest BCUT2D eigenvalue weighted by Gasteiger charge is 2.13. The standard InChI is InChI=1S/C18H18BrN5O2S/c1-11-4-6-15(12(2)8-11)26-10-17(25)20-14-9-13(19)5-7-16(14)27-18-21-22-23-24(18)3/h4-9H,10H2,1-3H3,(H,20,25). The van der Waals surface area contributed by atoms with Crippen molar-refractivity contribution in [1.29, 1.82) is 0 Å². The van der Waals surface area contributed by atoms with E-state index in [1.165, 1.54) is 11.8 Å². The minimum absolute atomic E-state index is 0.0773. The van der Waals surface area contributed by atoms with Gasteiger partial charge in [-0.25, -0.2) is 4.68 Å². The van der Waals surface area contributed by atoms with Gasteiger partial charge in [0.15, 0.2) is 6.61 Å². The number of nitrogens with one attached hydrogen (secondary N) is 1. The lowest BCUT2D eigenvalue weighted by Gasteiger charge is -2.12. The molecule has 0 spiro atoms. The number of hydrogen-bond donors (Lipinski definition) is 1. The Balaban J connectivity index is 1.69. The lowest BCUT2D eigenvalue weighted by molar-refractivity contribution is -0.118. The Morgan fingerprint density at radius 3 is 2.78 bits per heavy atom. The molecule has 0 atom stereocenters. The fraction of sp³-hybridized carbons (Fsp3) is 0.222. The van der Waals surface area contributed by atoms with Crippen molar-refractivity contribution < 1.29 is 9.53 Å². The summed E-state index contributed by atoms with van der Waals surface area (Å²) in [7, 11) is 1.76. The van der Waals surface area contributed by atoms with Crippen molar-refractivity contribution in [2.45, 2.75) is 23.9 Å². The van der Waals surface area contributed by atoms with Crippen molar-refractivity contribution in [2.75, 3.05) is 11.9 Å². The van der Waals surface area contributed by atoms with Crippen molar-refractivity contribution in [2.24, 2.45) is 7.05 Å². The number of hydrogen-bond acceptors (Lipinski definition) is 6. The van der Waals surface area contributed by atoms with E-state index in [0.717, 1.165) is 20.5 Å². The Hall–Kier alpha value is -2.39. The van der Waals surface area contributed by atoms with Crippen LogP contribution in [0, 0.1) is 13.8 Å². The number of nitrogens with zero attached hydrogens (tertiary/aromatic N) is 4. The molecule has 1 amide bonds. The largest absolute Gasteiger partial charge is 0.483 e. The van der Waals surface area contributed by atoms with Crippen molar-refractivity contribution in [1.82, 2.24) is 20.2 Å². The summed E-state index contributed by atoms with van der Waals surface area (Å²) in [6.07, 6.45) is 0. The maximum atomic E-state index is 12.4. The van der Waals surface area contributed by atoms with E-state index in [1.807, 2.05) is 50.2 Å². The average Bonchev–Trinajstić information content (AvgIpc) is 3.01. The van der Waals surface area contributed by atoms with Gasteiger partial charge < -0.3 is 10.1 Å². The third-order valence-electron chi connectivity index (χ3n) is 3.69. The first-order valence-electron chi connectivity index (χ1n) is 8.12. The summed E-state index contributed by atoms with van der Waals surface area (Å²) < 4.78 is 8.08. The van der Waals surface area contributed by atoms with Crippen LogP contribution in [-0.2, 0) is 11.8 Å². The number of anilines is 1. The maximum Gasteiger partial charge on any atom is 0.262 e. The van der Waals surface area contributed by atoms with E-state index in [4.69, 9.17) is 4.74 Å². The Morgan fingerprint density at radius 2 is 2.07 bits per heavy atom. The molecule has 3 rings (SSSR count). The first-order valence-corrected chi connectivity index (χ1v) is 9.73. The highest BCUT2D eigenvalue weighted by molar-refractivity contribution is 9.10. The van der Waals surface area contributed by atoms with Crippen molar-refractivity contribution in [3.8, 4) is 5.75 Å². The van der Waals surface area contributed by atoms with E-state index in [-0.39, 0.29) is 12.5 Å². The molecule has 7 nitrogen and oxygen atoms in total. The number of halogens is 1. The Morgan fingerprint density at radius 1 is 1.26 bits per heavy atom. The average molecular weight is 448 g/mol. The van der Waals surface area contributed by atoms with E-state index in [0.29, 0.717) is 16.6 Å². The molecule has 0 radical (unpaired) electrons. The molecule has 1 aromatic heterocycles. The fourth-order valence-corrected chi connectivity index (χ4v) is 3.55. The van der Waals surface area contributed by atoms with Crippen LogP contribution in [0.3, 0.4) is 0 Å². The van der Waals surface area contributed by atoms with Crippen LogP contribution in [0.15, 0.2) is 50.9 Å². The lowest BCUT2D eigenvalue weighted by atomic mass is 10.1. The van der Waals surface area contributed by atoms with Gasteiger partial charge in [0, 0.05) is 16.4 Å². The molecule has 2 aromatic carbocycles. The number of rotatable bonds is 6. The molecule has 0 saturated heterocycles. The fourth-order valence-electron chi connectivity index (χ4n) is 2.39. The lowest BCUT2D eigenvalue weighted by Crippen LogP contribution is -2.20. The second-order valence-electron chi connectivity index (χ2n) is 5.93. The van der Waals surface area contributed by atoms with Gasteiger partial charge in [0.05, 0.1) is 5.69 Å². The molecule has 0 bridgehead atoms. The highest BCUT2D eigenvalue weighted by atomic mass is 79.9. The smallest absolute Gasteiger partial charge is 0.262 e. The summed E-state index contributed by atoms with van der Waals surface area (Å²) >= 11 is 4.80. The monoisotopic (exact) mass is 447 g/mol. The Bertz CT molecular complexity index is 976. The van der Waals surface area contributed by atoms with Crippen molar-refractivity contribution in [3.05, 3.63) is 52.0 Å². The van der Waals surface area contributed by atoms with Gasteiger partial charge >= 0.3 is 0 Å². The molecule has 1 heterocycles. The predicted molar refractivity (Wildman–Crippen MR) is 107 cm³/mol. The molecule has 3 aromatic rings. The molecular weight excluding hydrogens is 430 g/mol. The van der Waals surface area contributed by atoms with Crippen LogP contribution < -0.4 is 10.1 Å². The van der Waals surface area contributed by atoms with Gasteiger partial charge in [-0.3, -0.25) is 4.79 Å². The molecule has 1 N–H and O–H groups in total. The van der Waals surface area contributed by atoms with E-state index in [9.17, 15) is 4.79 Å². The van der Waals surface area contributed by atoms with Crippen LogP contribution in [0.2, 0.25) is 0 Å². The molecule has 0 saturated carbocycles. The van der Waals surface area contributed by atoms with Crippen LogP contribution in [0.4, 0.5) is 5.69 Å². The Kier molecular flexibility index (Phi) is 6.12. The number of carbonyl (C=O) groups excluding carboxylic acids is 1. The molecule has 0 unspecified atom stereocenters. The van der Waals surface area contributed by atoms with Gasteiger partial charge in [-0.15, -0.1) is 5.10 Å². The third kappa shape index (κ3) is 5.08. The van der Waals surface area contributed by atoms with E-state index in [1.54, 1.807) is 11.7 Å².